The zero-order valence-corrected chi connectivity index (χ0v) is 9.16. The Morgan fingerprint density at radius 2 is 2.14 bits per heavy atom. The van der Waals surface area contributed by atoms with E-state index >= 15 is 0 Å². The van der Waals surface area contributed by atoms with Crippen molar-refractivity contribution in [3.8, 4) is 0 Å². The molecular weight excluding hydrogens is 176 g/mol. The zero-order chi connectivity index (χ0) is 10.4. The number of hydrogen-bond donors (Lipinski definition) is 1. The molecule has 1 aromatic heterocycles. The summed E-state index contributed by atoms with van der Waals surface area (Å²) in [7, 11) is 0. The molecule has 80 valence electrons. The summed E-state index contributed by atoms with van der Waals surface area (Å²) in [5.41, 5.74) is 2.20. The molecule has 0 aromatic carbocycles. The maximum Gasteiger partial charge on any atom is 0.0715 e. The summed E-state index contributed by atoms with van der Waals surface area (Å²) in [6.07, 6.45) is 6.24. The van der Waals surface area contributed by atoms with E-state index < -0.39 is 0 Å². The Labute approximate surface area is 85.8 Å². The monoisotopic (exact) mass is 196 g/mol. The number of nitrogens with zero attached hydrogens (tertiary/aromatic N) is 2. The van der Waals surface area contributed by atoms with Crippen LogP contribution in [-0.2, 0) is 19.6 Å². The molecule has 3 heteroatoms. The van der Waals surface area contributed by atoms with Gasteiger partial charge in [-0.2, -0.15) is 5.10 Å². The SMILES string of the molecule is CCCCn1ncc(CO)c1CCC. The number of rotatable bonds is 6. The van der Waals surface area contributed by atoms with E-state index in [1.165, 1.54) is 12.1 Å². The summed E-state index contributed by atoms with van der Waals surface area (Å²) < 4.78 is 2.04. The van der Waals surface area contributed by atoms with Gasteiger partial charge in [-0.3, -0.25) is 4.68 Å². The van der Waals surface area contributed by atoms with Gasteiger partial charge in [-0.15, -0.1) is 0 Å². The highest BCUT2D eigenvalue weighted by atomic mass is 16.3. The molecule has 0 spiro atoms. The lowest BCUT2D eigenvalue weighted by Gasteiger charge is -2.07. The lowest BCUT2D eigenvalue weighted by molar-refractivity contribution is 0.280. The van der Waals surface area contributed by atoms with E-state index in [9.17, 15) is 0 Å². The highest BCUT2D eigenvalue weighted by molar-refractivity contribution is 5.16. The van der Waals surface area contributed by atoms with Crippen molar-refractivity contribution in [3.63, 3.8) is 0 Å². The molecule has 1 aromatic rings. The Hall–Kier alpha value is -0.830. The van der Waals surface area contributed by atoms with Crippen molar-refractivity contribution in [2.24, 2.45) is 0 Å². The van der Waals surface area contributed by atoms with E-state index in [1.807, 2.05) is 4.68 Å². The maximum absolute atomic E-state index is 9.13. The topological polar surface area (TPSA) is 38.0 Å². The van der Waals surface area contributed by atoms with Gasteiger partial charge in [0.2, 0.25) is 0 Å². The number of aliphatic hydroxyl groups excluding tert-OH is 1. The fourth-order valence-electron chi connectivity index (χ4n) is 1.61. The van der Waals surface area contributed by atoms with Crippen LogP contribution in [0.5, 0.6) is 0 Å². The third-order valence-electron chi connectivity index (χ3n) is 2.42. The molecule has 0 aliphatic carbocycles. The smallest absolute Gasteiger partial charge is 0.0715 e. The molecule has 0 radical (unpaired) electrons. The van der Waals surface area contributed by atoms with Gasteiger partial charge in [0.05, 0.1) is 12.8 Å². The third-order valence-corrected chi connectivity index (χ3v) is 2.42. The van der Waals surface area contributed by atoms with Crippen molar-refractivity contribution in [2.45, 2.75) is 52.7 Å². The number of unbranched alkanes of at least 4 members (excludes halogenated alkanes) is 1. The van der Waals surface area contributed by atoms with Gasteiger partial charge in [0, 0.05) is 17.8 Å². The molecule has 0 fully saturated rings. The van der Waals surface area contributed by atoms with Crippen LogP contribution in [0.15, 0.2) is 6.20 Å². The lowest BCUT2D eigenvalue weighted by Crippen LogP contribution is -2.06. The molecule has 0 atom stereocenters. The van der Waals surface area contributed by atoms with Gasteiger partial charge < -0.3 is 5.11 Å². The number of hydrogen-bond acceptors (Lipinski definition) is 2. The highest BCUT2D eigenvalue weighted by Crippen LogP contribution is 2.12. The predicted octanol–water partition coefficient (Wildman–Crippen LogP) is 2.13. The van der Waals surface area contributed by atoms with Crippen LogP contribution in [0.1, 0.15) is 44.4 Å². The zero-order valence-electron chi connectivity index (χ0n) is 9.16. The molecule has 0 saturated carbocycles. The average Bonchev–Trinajstić information content (AvgIpc) is 2.58. The Balaban J connectivity index is 2.75. The van der Waals surface area contributed by atoms with Crippen molar-refractivity contribution in [3.05, 3.63) is 17.5 Å². The van der Waals surface area contributed by atoms with Crippen LogP contribution >= 0.6 is 0 Å². The Kier molecular flexibility index (Phi) is 4.66. The van der Waals surface area contributed by atoms with Crippen molar-refractivity contribution in [1.29, 1.82) is 0 Å². The number of aliphatic hydroxyl groups is 1. The Bertz CT molecular complexity index is 268. The molecule has 0 bridgehead atoms. The molecule has 1 N–H and O–H groups in total. The summed E-state index contributed by atoms with van der Waals surface area (Å²) in [5.74, 6) is 0. The quantitative estimate of drug-likeness (QED) is 0.757. The van der Waals surface area contributed by atoms with Crippen LogP contribution in [0.4, 0.5) is 0 Å². The van der Waals surface area contributed by atoms with E-state index in [-0.39, 0.29) is 6.61 Å². The minimum absolute atomic E-state index is 0.113. The molecule has 0 aliphatic rings. The molecule has 1 heterocycles. The number of aromatic nitrogens is 2. The van der Waals surface area contributed by atoms with Crippen LogP contribution in [0.3, 0.4) is 0 Å². The minimum atomic E-state index is 0.113. The van der Waals surface area contributed by atoms with Crippen molar-refractivity contribution in [1.82, 2.24) is 9.78 Å². The largest absolute Gasteiger partial charge is 0.392 e. The van der Waals surface area contributed by atoms with Gasteiger partial charge in [-0.05, 0) is 12.8 Å². The van der Waals surface area contributed by atoms with Gasteiger partial charge in [0.15, 0.2) is 0 Å². The van der Waals surface area contributed by atoms with E-state index in [1.54, 1.807) is 6.20 Å². The first kappa shape index (κ1) is 11.2. The van der Waals surface area contributed by atoms with E-state index in [4.69, 9.17) is 5.11 Å². The third kappa shape index (κ3) is 2.58. The van der Waals surface area contributed by atoms with Crippen LogP contribution < -0.4 is 0 Å². The van der Waals surface area contributed by atoms with Gasteiger partial charge in [0.25, 0.3) is 0 Å². The van der Waals surface area contributed by atoms with E-state index in [2.05, 4.69) is 18.9 Å². The molecule has 0 aliphatic heterocycles. The molecule has 14 heavy (non-hydrogen) atoms. The minimum Gasteiger partial charge on any atom is -0.392 e. The fraction of sp³-hybridized carbons (Fsp3) is 0.727. The first-order valence-corrected chi connectivity index (χ1v) is 5.47. The van der Waals surface area contributed by atoms with Gasteiger partial charge in [-0.25, -0.2) is 0 Å². The van der Waals surface area contributed by atoms with Crippen LogP contribution in [0.25, 0.3) is 0 Å². The van der Waals surface area contributed by atoms with Crippen molar-refractivity contribution in [2.75, 3.05) is 0 Å². The fourth-order valence-corrected chi connectivity index (χ4v) is 1.61. The summed E-state index contributed by atoms with van der Waals surface area (Å²) in [5, 5.41) is 13.4. The van der Waals surface area contributed by atoms with Crippen LogP contribution in [-0.4, -0.2) is 14.9 Å². The molecule has 0 saturated heterocycles. The van der Waals surface area contributed by atoms with Crippen LogP contribution in [0, 0.1) is 0 Å². The second-order valence-corrected chi connectivity index (χ2v) is 3.60. The van der Waals surface area contributed by atoms with E-state index in [0.717, 1.165) is 31.4 Å². The predicted molar refractivity (Wildman–Crippen MR) is 57.1 cm³/mol. The summed E-state index contributed by atoms with van der Waals surface area (Å²) in [4.78, 5) is 0. The summed E-state index contributed by atoms with van der Waals surface area (Å²) in [6.45, 7) is 5.42. The average molecular weight is 196 g/mol. The lowest BCUT2D eigenvalue weighted by atomic mass is 10.1. The molecule has 3 nitrogen and oxygen atoms in total. The van der Waals surface area contributed by atoms with Gasteiger partial charge in [-0.1, -0.05) is 26.7 Å². The van der Waals surface area contributed by atoms with Gasteiger partial charge >= 0.3 is 0 Å². The van der Waals surface area contributed by atoms with E-state index in [0.29, 0.717) is 0 Å². The standard InChI is InChI=1S/C11H20N2O/c1-3-5-7-13-11(6-4-2)10(9-14)8-12-13/h8,14H,3-7,9H2,1-2H3. The normalized spacial score (nSPS) is 10.8. The molecule has 0 unspecified atom stereocenters. The number of aryl methyl sites for hydroxylation is 1. The van der Waals surface area contributed by atoms with Crippen molar-refractivity contribution >= 4 is 0 Å². The Morgan fingerprint density at radius 1 is 1.36 bits per heavy atom. The molecule has 1 rings (SSSR count). The summed E-state index contributed by atoms with van der Waals surface area (Å²) in [6, 6.07) is 0. The first-order chi connectivity index (χ1) is 6.83. The second kappa shape index (κ2) is 5.81. The van der Waals surface area contributed by atoms with Crippen LogP contribution in [0.2, 0.25) is 0 Å². The van der Waals surface area contributed by atoms with Crippen molar-refractivity contribution < 1.29 is 5.11 Å². The second-order valence-electron chi connectivity index (χ2n) is 3.60. The highest BCUT2D eigenvalue weighted by Gasteiger charge is 2.08. The molecular formula is C11H20N2O. The maximum atomic E-state index is 9.13. The Morgan fingerprint density at radius 3 is 2.71 bits per heavy atom. The van der Waals surface area contributed by atoms with Gasteiger partial charge in [0.1, 0.15) is 0 Å². The summed E-state index contributed by atoms with van der Waals surface area (Å²) >= 11 is 0. The molecule has 0 amide bonds. The first-order valence-electron chi connectivity index (χ1n) is 5.47.